The number of rotatable bonds is 8. The van der Waals surface area contributed by atoms with Crippen molar-refractivity contribution in [2.75, 3.05) is 0 Å². The molecule has 0 bridgehead atoms. The Kier molecular flexibility index (Phi) is 6.49. The summed E-state index contributed by atoms with van der Waals surface area (Å²) in [6.07, 6.45) is 7.75. The largest absolute Gasteiger partial charge is 0.289 e. The third-order valence-electron chi connectivity index (χ3n) is 5.82. The second-order valence-electron chi connectivity index (χ2n) is 7.87. The van der Waals surface area contributed by atoms with Gasteiger partial charge in [0, 0.05) is 22.3 Å². The zero-order chi connectivity index (χ0) is 20.3. The Morgan fingerprint density at radius 1 is 0.536 bits per heavy atom. The number of fused-ring (bicyclic) bond motifs is 2. The van der Waals surface area contributed by atoms with Crippen LogP contribution in [-0.2, 0) is 25.7 Å². The van der Waals surface area contributed by atoms with Crippen LogP contribution in [0.1, 0.15) is 107 Å². The van der Waals surface area contributed by atoms with Gasteiger partial charge in [-0.2, -0.15) is 0 Å². The van der Waals surface area contributed by atoms with E-state index in [0.717, 1.165) is 73.6 Å². The normalized spacial score (nSPS) is 12.9. The highest BCUT2D eigenvalue weighted by Gasteiger charge is 2.35. The van der Waals surface area contributed by atoms with Crippen molar-refractivity contribution in [3.05, 3.63) is 68.8 Å². The lowest BCUT2D eigenvalue weighted by Crippen LogP contribution is -2.27. The molecule has 0 atom stereocenters. The van der Waals surface area contributed by atoms with Crippen molar-refractivity contribution in [1.82, 2.24) is 0 Å². The Balaban J connectivity index is 2.43. The third-order valence-corrected chi connectivity index (χ3v) is 5.82. The first-order chi connectivity index (χ1) is 13.6. The van der Waals surface area contributed by atoms with Gasteiger partial charge < -0.3 is 0 Å². The van der Waals surface area contributed by atoms with E-state index in [4.69, 9.17) is 0 Å². The smallest absolute Gasteiger partial charge is 0.194 e. The van der Waals surface area contributed by atoms with Crippen LogP contribution in [0.4, 0.5) is 0 Å². The summed E-state index contributed by atoms with van der Waals surface area (Å²) in [6, 6.07) is 7.35. The van der Waals surface area contributed by atoms with Crippen LogP contribution < -0.4 is 0 Å². The molecule has 0 aliphatic heterocycles. The Hall–Kier alpha value is -2.22. The van der Waals surface area contributed by atoms with Gasteiger partial charge in [-0.15, -0.1) is 0 Å². The maximum absolute atomic E-state index is 13.6. The van der Waals surface area contributed by atoms with E-state index in [1.165, 1.54) is 11.1 Å². The van der Waals surface area contributed by atoms with Gasteiger partial charge in [0.2, 0.25) is 0 Å². The Labute approximate surface area is 169 Å². The first-order valence-electron chi connectivity index (χ1n) is 11.0. The summed E-state index contributed by atoms with van der Waals surface area (Å²) in [5.41, 5.74) is 7.60. The van der Waals surface area contributed by atoms with Gasteiger partial charge in [-0.25, -0.2) is 0 Å². The predicted molar refractivity (Wildman–Crippen MR) is 116 cm³/mol. The molecule has 1 aliphatic carbocycles. The highest BCUT2D eigenvalue weighted by Crippen LogP contribution is 2.38. The van der Waals surface area contributed by atoms with E-state index in [0.29, 0.717) is 11.1 Å². The number of ketones is 2. The fourth-order valence-corrected chi connectivity index (χ4v) is 4.77. The zero-order valence-electron chi connectivity index (χ0n) is 17.8. The van der Waals surface area contributed by atoms with Gasteiger partial charge in [-0.1, -0.05) is 77.6 Å². The first-order valence-corrected chi connectivity index (χ1v) is 11.0. The predicted octanol–water partition coefficient (Wildman–Crippen LogP) is 6.27. The van der Waals surface area contributed by atoms with Crippen LogP contribution in [0.5, 0.6) is 0 Å². The molecular formula is C26H32O2. The lowest BCUT2D eigenvalue weighted by molar-refractivity contribution is 0.0977. The van der Waals surface area contributed by atoms with E-state index in [9.17, 15) is 9.59 Å². The molecule has 0 unspecified atom stereocenters. The van der Waals surface area contributed by atoms with Crippen molar-refractivity contribution in [1.29, 1.82) is 0 Å². The van der Waals surface area contributed by atoms with Gasteiger partial charge in [0.15, 0.2) is 11.6 Å². The average molecular weight is 377 g/mol. The van der Waals surface area contributed by atoms with Crippen LogP contribution in [0.2, 0.25) is 0 Å². The summed E-state index contributed by atoms with van der Waals surface area (Å²) in [5.74, 6) is 0.0952. The molecule has 0 aromatic heterocycles. The Morgan fingerprint density at radius 3 is 1.18 bits per heavy atom. The Bertz CT molecular complexity index is 831. The molecule has 148 valence electrons. The standard InChI is InChI=1S/C26H32O2/c1-5-11-17-18(12-6-2)20(14-8-4)24-23(19(17)13-7-3)25(27)21-15-9-10-16-22(21)26(24)28/h9-10,15-16H,5-8,11-14H2,1-4H3. The third kappa shape index (κ3) is 3.34. The van der Waals surface area contributed by atoms with Crippen molar-refractivity contribution < 1.29 is 9.59 Å². The Morgan fingerprint density at radius 2 is 0.857 bits per heavy atom. The first kappa shape index (κ1) is 20.5. The van der Waals surface area contributed by atoms with Gasteiger partial charge in [0.05, 0.1) is 0 Å². The van der Waals surface area contributed by atoms with E-state index >= 15 is 0 Å². The highest BCUT2D eigenvalue weighted by atomic mass is 16.1. The SMILES string of the molecule is CCCc1c(CCC)c(CCC)c2c(c1CCC)C(=O)c1ccccc1C2=O. The molecule has 0 radical (unpaired) electrons. The van der Waals surface area contributed by atoms with Crippen molar-refractivity contribution in [3.8, 4) is 0 Å². The lowest BCUT2D eigenvalue weighted by atomic mass is 9.73. The molecule has 2 nitrogen and oxygen atoms in total. The number of hydrogen-bond donors (Lipinski definition) is 0. The molecule has 0 saturated heterocycles. The maximum atomic E-state index is 13.6. The quantitative estimate of drug-likeness (QED) is 0.464. The molecule has 0 fully saturated rings. The van der Waals surface area contributed by atoms with E-state index in [-0.39, 0.29) is 11.6 Å². The molecule has 0 saturated carbocycles. The number of hydrogen-bond acceptors (Lipinski definition) is 2. The summed E-state index contributed by atoms with van der Waals surface area (Å²) < 4.78 is 0. The van der Waals surface area contributed by atoms with Crippen molar-refractivity contribution in [3.63, 3.8) is 0 Å². The molecule has 0 N–H and O–H groups in total. The minimum atomic E-state index is 0.0476. The molecule has 0 spiro atoms. The summed E-state index contributed by atoms with van der Waals surface area (Å²) in [5, 5.41) is 0. The van der Waals surface area contributed by atoms with E-state index < -0.39 is 0 Å². The van der Waals surface area contributed by atoms with Crippen LogP contribution in [0.3, 0.4) is 0 Å². The maximum Gasteiger partial charge on any atom is 0.194 e. The molecule has 28 heavy (non-hydrogen) atoms. The molecule has 2 aromatic rings. The molecule has 0 amide bonds. The average Bonchev–Trinajstić information content (AvgIpc) is 2.70. The van der Waals surface area contributed by atoms with Crippen LogP contribution in [-0.4, -0.2) is 11.6 Å². The van der Waals surface area contributed by atoms with E-state index in [1.807, 2.05) is 24.3 Å². The van der Waals surface area contributed by atoms with Crippen LogP contribution in [0, 0.1) is 0 Å². The number of benzene rings is 2. The minimum absolute atomic E-state index is 0.0476. The van der Waals surface area contributed by atoms with Gasteiger partial charge in [0.1, 0.15) is 0 Å². The van der Waals surface area contributed by atoms with Crippen LogP contribution >= 0.6 is 0 Å². The molecule has 0 heterocycles. The van der Waals surface area contributed by atoms with Crippen LogP contribution in [0.25, 0.3) is 0 Å². The molecular weight excluding hydrogens is 344 g/mol. The second kappa shape index (κ2) is 8.86. The molecule has 2 heteroatoms. The van der Waals surface area contributed by atoms with Gasteiger partial charge in [-0.3, -0.25) is 9.59 Å². The summed E-state index contributed by atoms with van der Waals surface area (Å²) in [4.78, 5) is 27.2. The van der Waals surface area contributed by atoms with Crippen molar-refractivity contribution in [2.24, 2.45) is 0 Å². The summed E-state index contributed by atoms with van der Waals surface area (Å²) in [6.45, 7) is 8.72. The van der Waals surface area contributed by atoms with Crippen LogP contribution in [0.15, 0.2) is 24.3 Å². The van der Waals surface area contributed by atoms with Gasteiger partial charge in [-0.05, 0) is 47.9 Å². The fourth-order valence-electron chi connectivity index (χ4n) is 4.77. The lowest BCUT2D eigenvalue weighted by Gasteiger charge is -2.29. The second-order valence-corrected chi connectivity index (χ2v) is 7.87. The number of carbonyl (C=O) groups is 2. The molecule has 1 aliphatic rings. The van der Waals surface area contributed by atoms with E-state index in [2.05, 4.69) is 27.7 Å². The summed E-state index contributed by atoms with van der Waals surface area (Å²) in [7, 11) is 0. The molecule has 2 aromatic carbocycles. The van der Waals surface area contributed by atoms with Crippen molar-refractivity contribution >= 4 is 11.6 Å². The van der Waals surface area contributed by atoms with Crippen molar-refractivity contribution in [2.45, 2.75) is 79.1 Å². The fraction of sp³-hybridized carbons (Fsp3) is 0.462. The number of carbonyl (C=O) groups excluding carboxylic acids is 2. The zero-order valence-corrected chi connectivity index (χ0v) is 17.8. The summed E-state index contributed by atoms with van der Waals surface area (Å²) >= 11 is 0. The highest BCUT2D eigenvalue weighted by molar-refractivity contribution is 6.29. The van der Waals surface area contributed by atoms with E-state index in [1.54, 1.807) is 0 Å². The monoisotopic (exact) mass is 376 g/mol. The van der Waals surface area contributed by atoms with Gasteiger partial charge >= 0.3 is 0 Å². The topological polar surface area (TPSA) is 34.1 Å². The van der Waals surface area contributed by atoms with Gasteiger partial charge in [0.25, 0.3) is 0 Å². The minimum Gasteiger partial charge on any atom is -0.289 e. The molecule has 3 rings (SSSR count).